The van der Waals surface area contributed by atoms with Crippen LogP contribution in [0, 0.1) is 36.5 Å². The van der Waals surface area contributed by atoms with Gasteiger partial charge in [-0.2, -0.15) is 0 Å². The Balaban J connectivity index is 1.88. The van der Waals surface area contributed by atoms with Crippen molar-refractivity contribution in [3.8, 4) is 12.3 Å². The van der Waals surface area contributed by atoms with Crippen LogP contribution in [0.5, 0.6) is 0 Å². The molecular weight excluding hydrogens is 493 g/mol. The molecule has 2 fully saturated rings. The summed E-state index contributed by atoms with van der Waals surface area (Å²) >= 11 is 0. The second kappa shape index (κ2) is 12.1. The van der Waals surface area contributed by atoms with Crippen molar-refractivity contribution in [3.63, 3.8) is 0 Å². The Morgan fingerprint density at radius 3 is 2.66 bits per heavy atom. The zero-order chi connectivity index (χ0) is 28.3. The summed E-state index contributed by atoms with van der Waals surface area (Å²) in [6, 6.07) is 0. The van der Waals surface area contributed by atoms with Crippen LogP contribution < -0.4 is 0 Å². The van der Waals surface area contributed by atoms with Crippen molar-refractivity contribution in [3.05, 3.63) is 23.7 Å². The van der Waals surface area contributed by atoms with Gasteiger partial charge in [-0.25, -0.2) is 9.37 Å². The average molecular weight is 534 g/mol. The van der Waals surface area contributed by atoms with Crippen LogP contribution in [0.15, 0.2) is 16.5 Å². The second-order valence-corrected chi connectivity index (χ2v) is 11.5. The molecule has 38 heavy (non-hydrogen) atoms. The molecule has 2 N–H and O–H groups in total. The topological polar surface area (TPSA) is 122 Å². The highest BCUT2D eigenvalue weighted by Crippen LogP contribution is 2.45. The van der Waals surface area contributed by atoms with Gasteiger partial charge in [0.1, 0.15) is 23.6 Å². The number of aromatic nitrogens is 1. The molecule has 9 heteroatoms. The molecular formula is C29H40FNO7. The number of nitrogens with zero attached hydrogens (tertiary/aromatic N) is 1. The highest BCUT2D eigenvalue weighted by molar-refractivity contribution is 5.88. The number of carbonyl (C=O) groups excluding carboxylic acids is 2. The van der Waals surface area contributed by atoms with E-state index in [4.69, 9.17) is 20.3 Å². The number of aryl methyl sites for hydroxylation is 1. The van der Waals surface area contributed by atoms with Crippen molar-refractivity contribution in [2.45, 2.75) is 110 Å². The number of oxazole rings is 1. The summed E-state index contributed by atoms with van der Waals surface area (Å²) in [4.78, 5) is 30.5. The molecule has 7 unspecified atom stereocenters. The molecule has 0 aromatic carbocycles. The van der Waals surface area contributed by atoms with Gasteiger partial charge in [-0.05, 0) is 32.1 Å². The molecule has 3 heterocycles. The van der Waals surface area contributed by atoms with E-state index >= 15 is 4.39 Å². The van der Waals surface area contributed by atoms with Gasteiger partial charge in [-0.15, -0.1) is 12.3 Å². The van der Waals surface area contributed by atoms with Gasteiger partial charge in [-0.3, -0.25) is 9.59 Å². The number of esters is 1. The third kappa shape index (κ3) is 7.10. The van der Waals surface area contributed by atoms with Gasteiger partial charge >= 0.3 is 5.97 Å². The van der Waals surface area contributed by atoms with E-state index in [1.807, 2.05) is 13.8 Å². The van der Waals surface area contributed by atoms with E-state index < -0.39 is 53.5 Å². The van der Waals surface area contributed by atoms with Gasteiger partial charge in [0.2, 0.25) is 0 Å². The minimum atomic E-state index is -1.42. The highest BCUT2D eigenvalue weighted by Gasteiger charge is 2.53. The third-order valence-electron chi connectivity index (χ3n) is 8.06. The minimum Gasteiger partial charge on any atom is -0.455 e. The Labute approximate surface area is 224 Å². The summed E-state index contributed by atoms with van der Waals surface area (Å²) in [5.74, 6) is -0.0614. The monoisotopic (exact) mass is 533 g/mol. The number of hydrogen-bond acceptors (Lipinski definition) is 8. The number of cyclic esters (lactones) is 1. The fourth-order valence-corrected chi connectivity index (χ4v) is 5.20. The van der Waals surface area contributed by atoms with Crippen LogP contribution in [-0.4, -0.2) is 57.0 Å². The first-order chi connectivity index (χ1) is 17.8. The van der Waals surface area contributed by atoms with Crippen molar-refractivity contribution in [2.24, 2.45) is 17.3 Å². The van der Waals surface area contributed by atoms with E-state index in [2.05, 4.69) is 10.9 Å². The number of aliphatic hydroxyl groups excluding tert-OH is 2. The number of Topliss-reactive ketones (excluding diaryl/α,β-unsaturated/α-hetero) is 1. The lowest BCUT2D eigenvalue weighted by atomic mass is 9.71. The van der Waals surface area contributed by atoms with E-state index in [-0.39, 0.29) is 36.3 Å². The normalized spacial score (nSPS) is 35.2. The molecule has 1 aromatic heterocycles. The van der Waals surface area contributed by atoms with Gasteiger partial charge in [0.15, 0.2) is 12.0 Å². The van der Waals surface area contributed by atoms with Crippen LogP contribution in [-0.2, 0) is 19.1 Å². The fourth-order valence-electron chi connectivity index (χ4n) is 5.20. The van der Waals surface area contributed by atoms with E-state index in [0.717, 1.165) is 6.08 Å². The molecule has 0 saturated carbocycles. The smallest absolute Gasteiger partial charge is 0.309 e. The number of ketones is 1. The SMILES string of the molecule is C#CCCC1C(=O)C(C)(C)C(O)CC(=O)OC(C(F)=Cc2coc(C)n2)CC2OC2(C)CCCC(C)C1O. The predicted octanol–water partition coefficient (Wildman–Crippen LogP) is 4.31. The van der Waals surface area contributed by atoms with Gasteiger partial charge in [0.25, 0.3) is 0 Å². The van der Waals surface area contributed by atoms with Crippen molar-refractivity contribution >= 4 is 17.8 Å². The van der Waals surface area contributed by atoms with Gasteiger partial charge in [0, 0.05) is 31.8 Å². The second-order valence-electron chi connectivity index (χ2n) is 11.5. The van der Waals surface area contributed by atoms with Crippen LogP contribution in [0.4, 0.5) is 4.39 Å². The van der Waals surface area contributed by atoms with E-state index in [1.54, 1.807) is 6.92 Å². The Bertz CT molecular complexity index is 1070. The molecule has 2 aliphatic rings. The first kappa shape index (κ1) is 30.0. The number of ether oxygens (including phenoxy) is 2. The molecule has 0 spiro atoms. The Morgan fingerprint density at radius 1 is 1.32 bits per heavy atom. The number of carbonyl (C=O) groups is 2. The molecule has 210 valence electrons. The highest BCUT2D eigenvalue weighted by atomic mass is 19.1. The Hall–Kier alpha value is -2.54. The van der Waals surface area contributed by atoms with Gasteiger partial charge < -0.3 is 24.1 Å². The van der Waals surface area contributed by atoms with E-state index in [1.165, 1.54) is 20.1 Å². The quantitative estimate of drug-likeness (QED) is 0.334. The number of rotatable bonds is 4. The maximum atomic E-state index is 15.3. The lowest BCUT2D eigenvalue weighted by molar-refractivity contribution is -0.155. The molecule has 3 rings (SSSR count). The fraction of sp³-hybridized carbons (Fsp3) is 0.690. The van der Waals surface area contributed by atoms with Crippen LogP contribution in [0.1, 0.15) is 84.2 Å². The Morgan fingerprint density at radius 2 is 2.03 bits per heavy atom. The lowest BCUT2D eigenvalue weighted by Crippen LogP contribution is -2.46. The van der Waals surface area contributed by atoms with Crippen LogP contribution in [0.25, 0.3) is 6.08 Å². The summed E-state index contributed by atoms with van der Waals surface area (Å²) in [6.07, 6.45) is 6.08. The van der Waals surface area contributed by atoms with Crippen LogP contribution in [0.3, 0.4) is 0 Å². The van der Waals surface area contributed by atoms with Gasteiger partial charge in [0.05, 0.1) is 35.7 Å². The summed E-state index contributed by atoms with van der Waals surface area (Å²) in [6.45, 7) is 8.51. The first-order valence-electron chi connectivity index (χ1n) is 13.3. The van der Waals surface area contributed by atoms with Crippen molar-refractivity contribution in [1.29, 1.82) is 0 Å². The molecule has 2 saturated heterocycles. The number of terminal acetylenes is 1. The summed E-state index contributed by atoms with van der Waals surface area (Å²) in [5, 5.41) is 22.1. The van der Waals surface area contributed by atoms with E-state index in [9.17, 15) is 19.8 Å². The summed E-state index contributed by atoms with van der Waals surface area (Å²) in [7, 11) is 0. The standard InChI is InChI=1S/C29H40FNO7/c1-7-8-11-20-26(34)17(2)10-9-12-29(6)24(38-29)14-22(21(30)13-19-16-36-18(3)31-19)37-25(33)15-23(32)28(4,5)27(20)35/h1,13,16-17,20,22-24,26,32,34H,8-12,14-15H2,2-6H3. The largest absolute Gasteiger partial charge is 0.455 e. The van der Waals surface area contributed by atoms with Crippen molar-refractivity contribution < 1.29 is 38.1 Å². The molecule has 0 aliphatic carbocycles. The van der Waals surface area contributed by atoms with Crippen LogP contribution in [0.2, 0.25) is 0 Å². The van der Waals surface area contributed by atoms with Gasteiger partial charge in [-0.1, -0.05) is 27.2 Å². The van der Waals surface area contributed by atoms with Crippen molar-refractivity contribution in [2.75, 3.05) is 0 Å². The predicted molar refractivity (Wildman–Crippen MR) is 138 cm³/mol. The number of halogens is 1. The summed E-state index contributed by atoms with van der Waals surface area (Å²) < 4.78 is 31.8. The molecule has 2 aliphatic heterocycles. The van der Waals surface area contributed by atoms with Crippen LogP contribution >= 0.6 is 0 Å². The molecule has 0 bridgehead atoms. The molecule has 0 radical (unpaired) electrons. The average Bonchev–Trinajstić information content (AvgIpc) is 3.29. The summed E-state index contributed by atoms with van der Waals surface area (Å²) in [5.41, 5.74) is -1.65. The van der Waals surface area contributed by atoms with E-state index in [0.29, 0.717) is 31.6 Å². The minimum absolute atomic E-state index is 0.0895. The van der Waals surface area contributed by atoms with Crippen molar-refractivity contribution in [1.82, 2.24) is 4.98 Å². The molecule has 8 nitrogen and oxygen atoms in total. The Kier molecular flexibility index (Phi) is 9.56. The zero-order valence-corrected chi connectivity index (χ0v) is 22.9. The molecule has 1 aromatic rings. The first-order valence-corrected chi connectivity index (χ1v) is 13.3. The lowest BCUT2D eigenvalue weighted by Gasteiger charge is -2.36. The molecule has 0 amide bonds. The number of fused-ring (bicyclic) bond motifs is 1. The number of aliphatic hydroxyl groups is 2. The zero-order valence-electron chi connectivity index (χ0n) is 22.9. The maximum absolute atomic E-state index is 15.3. The number of epoxide rings is 1. The number of hydrogen-bond donors (Lipinski definition) is 2. The maximum Gasteiger partial charge on any atom is 0.309 e. The third-order valence-corrected chi connectivity index (χ3v) is 8.06. The molecule has 7 atom stereocenters.